The number of amides is 1. The molecule has 160 valence electrons. The van der Waals surface area contributed by atoms with Crippen LogP contribution in [0.25, 0.3) is 0 Å². The van der Waals surface area contributed by atoms with Crippen LogP contribution in [0.3, 0.4) is 0 Å². The number of likely N-dealkylation sites (tertiary alicyclic amines) is 1. The van der Waals surface area contributed by atoms with Crippen molar-refractivity contribution in [1.82, 2.24) is 9.80 Å². The predicted octanol–water partition coefficient (Wildman–Crippen LogP) is 5.44. The third kappa shape index (κ3) is 6.05. The van der Waals surface area contributed by atoms with E-state index in [9.17, 15) is 4.79 Å². The number of hydrogen-bond acceptors (Lipinski definition) is 2. The fourth-order valence-corrected chi connectivity index (χ4v) is 4.55. The second-order valence-corrected chi connectivity index (χ2v) is 8.73. The van der Waals surface area contributed by atoms with E-state index < -0.39 is 0 Å². The quantitative estimate of drug-likeness (QED) is 0.516. The van der Waals surface area contributed by atoms with Gasteiger partial charge in [-0.25, -0.2) is 0 Å². The molecule has 0 saturated carbocycles. The van der Waals surface area contributed by atoms with Crippen LogP contribution in [0.2, 0.25) is 0 Å². The molecule has 1 atom stereocenters. The summed E-state index contributed by atoms with van der Waals surface area (Å²) in [6.45, 7) is 6.27. The van der Waals surface area contributed by atoms with E-state index in [1.807, 2.05) is 41.3 Å². The van der Waals surface area contributed by atoms with Gasteiger partial charge < -0.3 is 4.90 Å². The standard InChI is InChI=1S/C28H32N2O/c1-23-10-8-15-26(18-23)19-29-17-9-16-27(22-29)28(31)30(20-24-11-4-2-5-12-24)21-25-13-6-3-7-14-25/h2-8,10-15,18,27H,9,16-17,19-22H2,1H3. The summed E-state index contributed by atoms with van der Waals surface area (Å²) in [5.41, 5.74) is 4.98. The molecule has 0 aliphatic carbocycles. The van der Waals surface area contributed by atoms with Crippen LogP contribution in [-0.4, -0.2) is 28.8 Å². The number of benzene rings is 3. The molecule has 31 heavy (non-hydrogen) atoms. The largest absolute Gasteiger partial charge is 0.334 e. The molecule has 3 aromatic rings. The van der Waals surface area contributed by atoms with Crippen LogP contribution >= 0.6 is 0 Å². The first-order chi connectivity index (χ1) is 15.2. The molecule has 3 nitrogen and oxygen atoms in total. The zero-order chi connectivity index (χ0) is 21.5. The van der Waals surface area contributed by atoms with Gasteiger partial charge in [0.1, 0.15) is 0 Å². The number of aryl methyl sites for hydroxylation is 1. The smallest absolute Gasteiger partial charge is 0.227 e. The van der Waals surface area contributed by atoms with Crippen LogP contribution in [0.1, 0.15) is 35.1 Å². The Kier molecular flexibility index (Phi) is 7.16. The lowest BCUT2D eigenvalue weighted by atomic mass is 9.95. The van der Waals surface area contributed by atoms with Crippen LogP contribution in [0, 0.1) is 12.8 Å². The summed E-state index contributed by atoms with van der Waals surface area (Å²) in [7, 11) is 0. The van der Waals surface area contributed by atoms with Gasteiger partial charge >= 0.3 is 0 Å². The highest BCUT2D eigenvalue weighted by Crippen LogP contribution is 2.23. The van der Waals surface area contributed by atoms with Gasteiger partial charge in [0.2, 0.25) is 5.91 Å². The molecule has 1 unspecified atom stereocenters. The van der Waals surface area contributed by atoms with Gasteiger partial charge in [-0.1, -0.05) is 90.5 Å². The van der Waals surface area contributed by atoms with Crippen LogP contribution in [-0.2, 0) is 24.4 Å². The fraction of sp³-hybridized carbons (Fsp3) is 0.321. The van der Waals surface area contributed by atoms with E-state index >= 15 is 0 Å². The van der Waals surface area contributed by atoms with Gasteiger partial charge in [-0.15, -0.1) is 0 Å². The highest BCUT2D eigenvalue weighted by molar-refractivity contribution is 5.79. The second kappa shape index (κ2) is 10.4. The van der Waals surface area contributed by atoms with Crippen molar-refractivity contribution in [3.8, 4) is 0 Å². The lowest BCUT2D eigenvalue weighted by molar-refractivity contribution is -0.138. The first-order valence-electron chi connectivity index (χ1n) is 11.3. The number of carbonyl (C=O) groups is 1. The van der Waals surface area contributed by atoms with Gasteiger partial charge in [0.15, 0.2) is 0 Å². The molecule has 0 aromatic heterocycles. The minimum absolute atomic E-state index is 0.0611. The molecular weight excluding hydrogens is 380 g/mol. The molecule has 0 bridgehead atoms. The molecule has 1 aliphatic rings. The van der Waals surface area contributed by atoms with Crippen molar-refractivity contribution in [3.05, 3.63) is 107 Å². The number of hydrogen-bond donors (Lipinski definition) is 0. The molecule has 1 fully saturated rings. The summed E-state index contributed by atoms with van der Waals surface area (Å²) in [6, 6.07) is 29.4. The predicted molar refractivity (Wildman–Crippen MR) is 126 cm³/mol. The minimum Gasteiger partial charge on any atom is -0.334 e. The van der Waals surface area contributed by atoms with Gasteiger partial charge in [0.05, 0.1) is 5.92 Å². The van der Waals surface area contributed by atoms with Crippen molar-refractivity contribution in [3.63, 3.8) is 0 Å². The Labute approximate surface area is 186 Å². The Balaban J connectivity index is 1.47. The summed E-state index contributed by atoms with van der Waals surface area (Å²) in [4.78, 5) is 18.2. The fourth-order valence-electron chi connectivity index (χ4n) is 4.55. The van der Waals surface area contributed by atoms with E-state index in [1.165, 1.54) is 22.3 Å². The van der Waals surface area contributed by atoms with Gasteiger partial charge in [0.25, 0.3) is 0 Å². The Morgan fingerprint density at radius 2 is 1.48 bits per heavy atom. The summed E-state index contributed by atoms with van der Waals surface area (Å²) in [6.07, 6.45) is 2.05. The average molecular weight is 413 g/mol. The summed E-state index contributed by atoms with van der Waals surface area (Å²) in [5, 5.41) is 0. The van der Waals surface area contributed by atoms with Crippen LogP contribution in [0.5, 0.6) is 0 Å². The van der Waals surface area contributed by atoms with Crippen molar-refractivity contribution in [2.24, 2.45) is 5.92 Å². The van der Waals surface area contributed by atoms with Gasteiger partial charge in [-0.2, -0.15) is 0 Å². The monoisotopic (exact) mass is 412 g/mol. The summed E-state index contributed by atoms with van der Waals surface area (Å²) < 4.78 is 0. The zero-order valence-corrected chi connectivity index (χ0v) is 18.4. The summed E-state index contributed by atoms with van der Waals surface area (Å²) >= 11 is 0. The molecule has 0 N–H and O–H groups in total. The number of piperidine rings is 1. The first kappa shape index (κ1) is 21.3. The van der Waals surface area contributed by atoms with E-state index in [0.717, 1.165) is 32.5 Å². The van der Waals surface area contributed by atoms with Crippen molar-refractivity contribution in [2.75, 3.05) is 13.1 Å². The molecular formula is C28H32N2O. The molecule has 1 amide bonds. The number of rotatable bonds is 7. The average Bonchev–Trinajstić information content (AvgIpc) is 2.80. The third-order valence-electron chi connectivity index (χ3n) is 6.09. The van der Waals surface area contributed by atoms with Gasteiger partial charge in [0, 0.05) is 26.2 Å². The Morgan fingerprint density at radius 3 is 2.10 bits per heavy atom. The normalized spacial score (nSPS) is 16.7. The molecule has 4 rings (SSSR count). The maximum atomic E-state index is 13.7. The van der Waals surface area contributed by atoms with Gasteiger partial charge in [-0.3, -0.25) is 9.69 Å². The van der Waals surface area contributed by atoms with Crippen LogP contribution in [0.4, 0.5) is 0 Å². The first-order valence-corrected chi connectivity index (χ1v) is 11.3. The Bertz CT molecular complexity index is 929. The zero-order valence-electron chi connectivity index (χ0n) is 18.4. The summed E-state index contributed by atoms with van der Waals surface area (Å²) in [5.74, 6) is 0.340. The van der Waals surface area contributed by atoms with Crippen LogP contribution in [0.15, 0.2) is 84.9 Å². The van der Waals surface area contributed by atoms with E-state index in [0.29, 0.717) is 13.1 Å². The molecule has 1 aliphatic heterocycles. The van der Waals surface area contributed by atoms with Crippen molar-refractivity contribution in [2.45, 2.75) is 39.4 Å². The van der Waals surface area contributed by atoms with E-state index in [4.69, 9.17) is 0 Å². The van der Waals surface area contributed by atoms with Gasteiger partial charge in [-0.05, 0) is 43.0 Å². The van der Waals surface area contributed by atoms with Crippen molar-refractivity contribution in [1.29, 1.82) is 0 Å². The number of carbonyl (C=O) groups excluding carboxylic acids is 1. The highest BCUT2D eigenvalue weighted by atomic mass is 16.2. The Hall–Kier alpha value is -2.91. The molecule has 1 heterocycles. The van der Waals surface area contributed by atoms with Crippen molar-refractivity contribution >= 4 is 5.91 Å². The molecule has 3 aromatic carbocycles. The van der Waals surface area contributed by atoms with E-state index in [-0.39, 0.29) is 11.8 Å². The van der Waals surface area contributed by atoms with E-state index in [2.05, 4.69) is 60.4 Å². The van der Waals surface area contributed by atoms with Crippen molar-refractivity contribution < 1.29 is 4.79 Å². The lowest BCUT2D eigenvalue weighted by Gasteiger charge is -2.35. The number of nitrogens with zero attached hydrogens (tertiary/aromatic N) is 2. The van der Waals surface area contributed by atoms with E-state index in [1.54, 1.807) is 0 Å². The Morgan fingerprint density at radius 1 is 0.871 bits per heavy atom. The second-order valence-electron chi connectivity index (χ2n) is 8.73. The maximum Gasteiger partial charge on any atom is 0.227 e. The minimum atomic E-state index is 0.0611. The molecule has 1 saturated heterocycles. The maximum absolute atomic E-state index is 13.7. The topological polar surface area (TPSA) is 23.6 Å². The third-order valence-corrected chi connectivity index (χ3v) is 6.09. The highest BCUT2D eigenvalue weighted by Gasteiger charge is 2.29. The lowest BCUT2D eigenvalue weighted by Crippen LogP contribution is -2.44. The van der Waals surface area contributed by atoms with Crippen LogP contribution < -0.4 is 0 Å². The SMILES string of the molecule is Cc1cccc(CN2CCCC(C(=O)N(Cc3ccccc3)Cc3ccccc3)C2)c1. The molecule has 0 radical (unpaired) electrons. The molecule has 3 heteroatoms. The molecule has 0 spiro atoms.